The summed E-state index contributed by atoms with van der Waals surface area (Å²) in [5.41, 5.74) is 1.05. The average Bonchev–Trinajstić information content (AvgIpc) is 2.46. The lowest BCUT2D eigenvalue weighted by Gasteiger charge is -2.26. The van der Waals surface area contributed by atoms with E-state index in [2.05, 4.69) is 0 Å². The summed E-state index contributed by atoms with van der Waals surface area (Å²) >= 11 is 6.06. The zero-order valence-corrected chi connectivity index (χ0v) is 11.8. The van der Waals surface area contributed by atoms with Gasteiger partial charge < -0.3 is 14.4 Å². The molecule has 1 saturated heterocycles. The van der Waals surface area contributed by atoms with Crippen LogP contribution in [0.15, 0.2) is 18.2 Å². The van der Waals surface area contributed by atoms with Crippen molar-refractivity contribution in [2.24, 2.45) is 0 Å². The molecule has 1 aromatic rings. The third-order valence-electron chi connectivity index (χ3n) is 3.21. The molecule has 2 rings (SSSR count). The molecule has 1 fully saturated rings. The first-order valence-electron chi connectivity index (χ1n) is 6.38. The maximum atomic E-state index is 12.0. The Kier molecular flexibility index (Phi) is 5.05. The van der Waals surface area contributed by atoms with Crippen molar-refractivity contribution in [1.29, 1.82) is 0 Å². The Balaban J connectivity index is 1.87. The van der Waals surface area contributed by atoms with Crippen molar-refractivity contribution in [2.45, 2.75) is 12.8 Å². The molecule has 0 aromatic heterocycles. The fourth-order valence-electron chi connectivity index (χ4n) is 2.09. The van der Waals surface area contributed by atoms with Crippen molar-refractivity contribution in [2.75, 3.05) is 33.4 Å². The van der Waals surface area contributed by atoms with Crippen molar-refractivity contribution in [3.8, 4) is 5.75 Å². The summed E-state index contributed by atoms with van der Waals surface area (Å²) in [4.78, 5) is 13.8. The molecule has 1 heterocycles. The zero-order chi connectivity index (χ0) is 13.7. The number of nitrogens with zero attached hydrogens (tertiary/aromatic N) is 1. The summed E-state index contributed by atoms with van der Waals surface area (Å²) in [7, 11) is 1.59. The molecular weight excluding hydrogens is 266 g/mol. The number of amides is 1. The SMILES string of the molecule is COc1ccc(CCC(=O)N2CCOCC2)cc1Cl. The molecule has 1 aromatic carbocycles. The van der Waals surface area contributed by atoms with Crippen molar-refractivity contribution in [1.82, 2.24) is 4.90 Å². The van der Waals surface area contributed by atoms with Crippen LogP contribution in [-0.2, 0) is 16.0 Å². The number of methoxy groups -OCH3 is 1. The molecular formula is C14H18ClNO3. The van der Waals surface area contributed by atoms with Gasteiger partial charge >= 0.3 is 0 Å². The number of halogens is 1. The fourth-order valence-corrected chi connectivity index (χ4v) is 2.37. The normalized spacial score (nSPS) is 15.4. The first kappa shape index (κ1) is 14.2. The monoisotopic (exact) mass is 283 g/mol. The van der Waals surface area contributed by atoms with Crippen molar-refractivity contribution in [3.05, 3.63) is 28.8 Å². The van der Waals surface area contributed by atoms with Gasteiger partial charge in [-0.3, -0.25) is 4.79 Å². The highest BCUT2D eigenvalue weighted by Gasteiger charge is 2.16. The van der Waals surface area contributed by atoms with Crippen LogP contribution in [0.4, 0.5) is 0 Å². The van der Waals surface area contributed by atoms with E-state index in [1.807, 2.05) is 23.1 Å². The van der Waals surface area contributed by atoms with Crippen LogP contribution in [0, 0.1) is 0 Å². The van der Waals surface area contributed by atoms with Gasteiger partial charge in [0.15, 0.2) is 0 Å². The Morgan fingerprint density at radius 1 is 1.42 bits per heavy atom. The van der Waals surface area contributed by atoms with Gasteiger partial charge in [-0.15, -0.1) is 0 Å². The van der Waals surface area contributed by atoms with E-state index in [9.17, 15) is 4.79 Å². The van der Waals surface area contributed by atoms with Crippen LogP contribution >= 0.6 is 11.6 Å². The minimum absolute atomic E-state index is 0.176. The summed E-state index contributed by atoms with van der Waals surface area (Å²) in [6.45, 7) is 2.67. The van der Waals surface area contributed by atoms with Gasteiger partial charge in [0.25, 0.3) is 0 Å². The van der Waals surface area contributed by atoms with Crippen molar-refractivity contribution < 1.29 is 14.3 Å². The average molecular weight is 284 g/mol. The number of aryl methyl sites for hydroxylation is 1. The highest BCUT2D eigenvalue weighted by molar-refractivity contribution is 6.32. The Bertz CT molecular complexity index is 444. The highest BCUT2D eigenvalue weighted by Crippen LogP contribution is 2.25. The molecule has 0 bridgehead atoms. The van der Waals surface area contributed by atoms with Crippen LogP contribution in [0.2, 0.25) is 5.02 Å². The lowest BCUT2D eigenvalue weighted by atomic mass is 10.1. The molecule has 0 unspecified atom stereocenters. The van der Waals surface area contributed by atoms with E-state index in [1.165, 1.54) is 0 Å². The number of hydrogen-bond donors (Lipinski definition) is 0. The Labute approximate surface area is 118 Å². The lowest BCUT2D eigenvalue weighted by molar-refractivity contribution is -0.135. The fraction of sp³-hybridized carbons (Fsp3) is 0.500. The van der Waals surface area contributed by atoms with E-state index in [4.69, 9.17) is 21.1 Å². The van der Waals surface area contributed by atoms with E-state index in [-0.39, 0.29) is 5.91 Å². The van der Waals surface area contributed by atoms with Crippen LogP contribution in [0.1, 0.15) is 12.0 Å². The molecule has 0 spiro atoms. The molecule has 104 valence electrons. The van der Waals surface area contributed by atoms with Gasteiger partial charge in [-0.2, -0.15) is 0 Å². The van der Waals surface area contributed by atoms with Gasteiger partial charge in [-0.1, -0.05) is 17.7 Å². The predicted octanol–water partition coefficient (Wildman–Crippen LogP) is 2.14. The number of benzene rings is 1. The molecule has 0 radical (unpaired) electrons. The van der Waals surface area contributed by atoms with Crippen LogP contribution in [0.25, 0.3) is 0 Å². The van der Waals surface area contributed by atoms with E-state index in [1.54, 1.807) is 7.11 Å². The summed E-state index contributed by atoms with van der Waals surface area (Å²) in [5.74, 6) is 0.833. The van der Waals surface area contributed by atoms with E-state index in [0.29, 0.717) is 49.9 Å². The largest absolute Gasteiger partial charge is 0.495 e. The van der Waals surface area contributed by atoms with Gasteiger partial charge in [-0.05, 0) is 24.1 Å². The summed E-state index contributed by atoms with van der Waals surface area (Å²) in [6.07, 6.45) is 1.20. The summed E-state index contributed by atoms with van der Waals surface area (Å²) in [6, 6.07) is 5.63. The maximum absolute atomic E-state index is 12.0. The number of rotatable bonds is 4. The maximum Gasteiger partial charge on any atom is 0.223 e. The predicted molar refractivity (Wildman–Crippen MR) is 73.7 cm³/mol. The van der Waals surface area contributed by atoms with E-state index >= 15 is 0 Å². The van der Waals surface area contributed by atoms with Crippen molar-refractivity contribution in [3.63, 3.8) is 0 Å². The minimum Gasteiger partial charge on any atom is -0.495 e. The Morgan fingerprint density at radius 2 is 2.16 bits per heavy atom. The van der Waals surface area contributed by atoms with Crippen LogP contribution in [0.5, 0.6) is 5.75 Å². The number of ether oxygens (including phenoxy) is 2. The quantitative estimate of drug-likeness (QED) is 0.850. The molecule has 1 aliphatic rings. The summed E-state index contributed by atoms with van der Waals surface area (Å²) < 4.78 is 10.3. The molecule has 5 heteroatoms. The van der Waals surface area contributed by atoms with Gasteiger partial charge in [0.2, 0.25) is 5.91 Å². The molecule has 1 amide bonds. The second-order valence-electron chi connectivity index (χ2n) is 4.46. The number of carbonyl (C=O) groups is 1. The smallest absolute Gasteiger partial charge is 0.223 e. The molecule has 0 aliphatic carbocycles. The van der Waals surface area contributed by atoms with Gasteiger partial charge in [0.05, 0.1) is 25.3 Å². The Morgan fingerprint density at radius 3 is 2.79 bits per heavy atom. The van der Waals surface area contributed by atoms with Crippen LogP contribution in [-0.4, -0.2) is 44.2 Å². The molecule has 1 aliphatic heterocycles. The number of morpholine rings is 1. The molecule has 0 atom stereocenters. The first-order valence-corrected chi connectivity index (χ1v) is 6.76. The van der Waals surface area contributed by atoms with E-state index in [0.717, 1.165) is 5.56 Å². The summed E-state index contributed by atoms with van der Waals surface area (Å²) in [5, 5.41) is 0.582. The molecule has 4 nitrogen and oxygen atoms in total. The third-order valence-corrected chi connectivity index (χ3v) is 3.50. The Hall–Kier alpha value is -1.26. The van der Waals surface area contributed by atoms with Crippen LogP contribution < -0.4 is 4.74 Å². The van der Waals surface area contributed by atoms with E-state index < -0.39 is 0 Å². The topological polar surface area (TPSA) is 38.8 Å². The molecule has 0 N–H and O–H groups in total. The van der Waals surface area contributed by atoms with Gasteiger partial charge in [0.1, 0.15) is 5.75 Å². The second kappa shape index (κ2) is 6.78. The first-order chi connectivity index (χ1) is 9.20. The van der Waals surface area contributed by atoms with Crippen LogP contribution in [0.3, 0.4) is 0 Å². The highest BCUT2D eigenvalue weighted by atomic mass is 35.5. The molecule has 19 heavy (non-hydrogen) atoms. The standard InChI is InChI=1S/C14H18ClNO3/c1-18-13-4-2-11(10-12(13)15)3-5-14(17)16-6-8-19-9-7-16/h2,4,10H,3,5-9H2,1H3. The lowest BCUT2D eigenvalue weighted by Crippen LogP contribution is -2.40. The van der Waals surface area contributed by atoms with Crippen molar-refractivity contribution >= 4 is 17.5 Å². The number of hydrogen-bond acceptors (Lipinski definition) is 3. The number of carbonyl (C=O) groups excluding carboxylic acids is 1. The van der Waals surface area contributed by atoms with Gasteiger partial charge in [-0.25, -0.2) is 0 Å². The molecule has 0 saturated carbocycles. The zero-order valence-electron chi connectivity index (χ0n) is 11.0. The minimum atomic E-state index is 0.176. The third kappa shape index (κ3) is 3.85. The van der Waals surface area contributed by atoms with Gasteiger partial charge in [0, 0.05) is 19.5 Å². The second-order valence-corrected chi connectivity index (χ2v) is 4.87.